The minimum atomic E-state index is -3.75. The Morgan fingerprint density at radius 3 is 2.55 bits per heavy atom. The minimum absolute atomic E-state index is 0.158. The summed E-state index contributed by atoms with van der Waals surface area (Å²) >= 11 is 1.04. The van der Waals surface area contributed by atoms with Crippen LogP contribution in [0.25, 0.3) is 0 Å². The molecule has 0 saturated heterocycles. The molecule has 0 aliphatic carbocycles. The standard InChI is InChI=1S/C21H25FN4O3S2/c1-3-15(23)13-20(31(27,28)17-10-8-16(29-2)9-11-17)25-21-24-19(26-30-21)12-14-6-4-5-7-18(14)22/h4-11,15,20H,3,12-13,23H2,1-2H3,(H,24,25,26). The second-order valence-corrected chi connectivity index (χ2v) is 9.92. The molecule has 0 radical (unpaired) electrons. The van der Waals surface area contributed by atoms with Gasteiger partial charge in [-0.25, -0.2) is 17.8 Å². The van der Waals surface area contributed by atoms with E-state index in [-0.39, 0.29) is 29.6 Å². The van der Waals surface area contributed by atoms with Crippen LogP contribution >= 0.6 is 11.5 Å². The number of benzene rings is 2. The summed E-state index contributed by atoms with van der Waals surface area (Å²) in [5.41, 5.74) is 6.55. The fourth-order valence-electron chi connectivity index (χ4n) is 2.97. The van der Waals surface area contributed by atoms with Crippen LogP contribution in [0.5, 0.6) is 5.75 Å². The highest BCUT2D eigenvalue weighted by atomic mass is 32.2. The molecule has 0 spiro atoms. The first-order valence-corrected chi connectivity index (χ1v) is 12.1. The van der Waals surface area contributed by atoms with Crippen molar-refractivity contribution in [3.05, 3.63) is 65.7 Å². The van der Waals surface area contributed by atoms with Crippen molar-refractivity contribution in [1.82, 2.24) is 9.36 Å². The number of anilines is 1. The quantitative estimate of drug-likeness (QED) is 0.472. The lowest BCUT2D eigenvalue weighted by Gasteiger charge is -2.21. The number of nitrogens with two attached hydrogens (primary N) is 1. The lowest BCUT2D eigenvalue weighted by molar-refractivity contribution is 0.414. The van der Waals surface area contributed by atoms with E-state index in [9.17, 15) is 12.8 Å². The number of rotatable bonds is 10. The number of methoxy groups -OCH3 is 1. The van der Waals surface area contributed by atoms with Crippen molar-refractivity contribution >= 4 is 26.5 Å². The summed E-state index contributed by atoms with van der Waals surface area (Å²) in [7, 11) is -2.24. The van der Waals surface area contributed by atoms with Crippen LogP contribution in [0.15, 0.2) is 53.4 Å². The molecule has 2 atom stereocenters. The van der Waals surface area contributed by atoms with E-state index < -0.39 is 15.2 Å². The monoisotopic (exact) mass is 464 g/mol. The molecule has 1 heterocycles. The van der Waals surface area contributed by atoms with Gasteiger partial charge in [0.1, 0.15) is 22.8 Å². The molecule has 10 heteroatoms. The Labute approximate surface area is 185 Å². The zero-order chi connectivity index (χ0) is 22.4. The van der Waals surface area contributed by atoms with Crippen LogP contribution in [0.1, 0.15) is 31.2 Å². The number of halogens is 1. The van der Waals surface area contributed by atoms with Crippen LogP contribution in [0, 0.1) is 5.82 Å². The van der Waals surface area contributed by atoms with Crippen LogP contribution < -0.4 is 15.8 Å². The predicted octanol–water partition coefficient (Wildman–Crippen LogP) is 3.62. The lowest BCUT2D eigenvalue weighted by atomic mass is 10.1. The van der Waals surface area contributed by atoms with E-state index in [2.05, 4.69) is 14.7 Å². The van der Waals surface area contributed by atoms with Gasteiger partial charge in [0.2, 0.25) is 5.13 Å². The van der Waals surface area contributed by atoms with Gasteiger partial charge in [0.15, 0.2) is 9.84 Å². The van der Waals surface area contributed by atoms with Gasteiger partial charge in [0.05, 0.1) is 12.0 Å². The van der Waals surface area contributed by atoms with E-state index in [1.165, 1.54) is 25.3 Å². The molecule has 0 amide bonds. The third kappa shape index (κ3) is 5.78. The van der Waals surface area contributed by atoms with Gasteiger partial charge < -0.3 is 15.8 Å². The topological polar surface area (TPSA) is 107 Å². The van der Waals surface area contributed by atoms with Gasteiger partial charge in [-0.3, -0.25) is 0 Å². The highest BCUT2D eigenvalue weighted by molar-refractivity contribution is 7.92. The summed E-state index contributed by atoms with van der Waals surface area (Å²) in [6.45, 7) is 1.90. The fourth-order valence-corrected chi connectivity index (χ4v) is 5.29. The van der Waals surface area contributed by atoms with Gasteiger partial charge in [-0.15, -0.1) is 0 Å². The molecule has 2 unspecified atom stereocenters. The van der Waals surface area contributed by atoms with Crippen LogP contribution in [0.2, 0.25) is 0 Å². The van der Waals surface area contributed by atoms with E-state index in [1.54, 1.807) is 30.3 Å². The highest BCUT2D eigenvalue weighted by Crippen LogP contribution is 2.25. The number of nitrogens with zero attached hydrogens (tertiary/aromatic N) is 2. The number of hydrogen-bond donors (Lipinski definition) is 2. The van der Waals surface area contributed by atoms with Crippen LogP contribution in [0.3, 0.4) is 0 Å². The van der Waals surface area contributed by atoms with Gasteiger partial charge in [-0.1, -0.05) is 25.1 Å². The van der Waals surface area contributed by atoms with Crippen molar-refractivity contribution in [2.24, 2.45) is 5.73 Å². The molecule has 2 aromatic carbocycles. The Balaban J connectivity index is 1.82. The molecule has 3 aromatic rings. The number of hydrogen-bond acceptors (Lipinski definition) is 8. The summed E-state index contributed by atoms with van der Waals surface area (Å²) in [4.78, 5) is 4.52. The molecule has 0 saturated carbocycles. The Kier molecular flexibility index (Phi) is 7.58. The molecule has 7 nitrogen and oxygen atoms in total. The molecule has 31 heavy (non-hydrogen) atoms. The molecule has 0 bridgehead atoms. The molecule has 166 valence electrons. The summed E-state index contributed by atoms with van der Waals surface area (Å²) < 4.78 is 49.8. The summed E-state index contributed by atoms with van der Waals surface area (Å²) in [5, 5.41) is 2.35. The van der Waals surface area contributed by atoms with E-state index >= 15 is 0 Å². The average Bonchev–Trinajstić information content (AvgIpc) is 3.21. The molecule has 0 aliphatic heterocycles. The minimum Gasteiger partial charge on any atom is -0.497 e. The Bertz CT molecular complexity index is 1100. The van der Waals surface area contributed by atoms with Gasteiger partial charge in [-0.2, -0.15) is 4.37 Å². The molecular weight excluding hydrogens is 439 g/mol. The predicted molar refractivity (Wildman–Crippen MR) is 120 cm³/mol. The largest absolute Gasteiger partial charge is 0.497 e. The maximum absolute atomic E-state index is 13.9. The number of aromatic nitrogens is 2. The van der Waals surface area contributed by atoms with Crippen molar-refractivity contribution in [2.75, 3.05) is 12.4 Å². The Morgan fingerprint density at radius 1 is 1.19 bits per heavy atom. The summed E-state index contributed by atoms with van der Waals surface area (Å²) in [6.07, 6.45) is 1.05. The first kappa shape index (κ1) is 23.1. The van der Waals surface area contributed by atoms with Gasteiger partial charge in [0, 0.05) is 24.0 Å². The van der Waals surface area contributed by atoms with Crippen LogP contribution in [0.4, 0.5) is 9.52 Å². The Hall–Kier alpha value is -2.56. The van der Waals surface area contributed by atoms with Crippen LogP contribution in [-0.4, -0.2) is 36.3 Å². The van der Waals surface area contributed by atoms with Crippen molar-refractivity contribution in [3.8, 4) is 5.75 Å². The highest BCUT2D eigenvalue weighted by Gasteiger charge is 2.30. The second kappa shape index (κ2) is 10.2. The van der Waals surface area contributed by atoms with Gasteiger partial charge in [-0.05, 0) is 48.7 Å². The van der Waals surface area contributed by atoms with E-state index in [1.807, 2.05) is 6.92 Å². The molecule has 3 N–H and O–H groups in total. The Morgan fingerprint density at radius 2 is 1.90 bits per heavy atom. The zero-order valence-electron chi connectivity index (χ0n) is 17.3. The molecule has 0 fully saturated rings. The van der Waals surface area contributed by atoms with Crippen molar-refractivity contribution in [2.45, 2.75) is 42.5 Å². The number of nitrogens with one attached hydrogen (secondary N) is 1. The number of ether oxygens (including phenoxy) is 1. The summed E-state index contributed by atoms with van der Waals surface area (Å²) in [6, 6.07) is 12.3. The smallest absolute Gasteiger partial charge is 0.203 e. The average molecular weight is 465 g/mol. The molecular formula is C21H25FN4O3S2. The van der Waals surface area contributed by atoms with E-state index in [4.69, 9.17) is 10.5 Å². The zero-order valence-corrected chi connectivity index (χ0v) is 18.9. The van der Waals surface area contributed by atoms with E-state index in [0.29, 0.717) is 28.7 Å². The van der Waals surface area contributed by atoms with Crippen molar-refractivity contribution < 1.29 is 17.5 Å². The maximum Gasteiger partial charge on any atom is 0.203 e. The van der Waals surface area contributed by atoms with Crippen LogP contribution in [-0.2, 0) is 16.3 Å². The third-order valence-electron chi connectivity index (χ3n) is 4.86. The van der Waals surface area contributed by atoms with Crippen molar-refractivity contribution in [3.63, 3.8) is 0 Å². The first-order valence-electron chi connectivity index (χ1n) is 9.79. The second-order valence-electron chi connectivity index (χ2n) is 7.04. The maximum atomic E-state index is 13.9. The third-order valence-corrected chi connectivity index (χ3v) is 7.54. The summed E-state index contributed by atoms with van der Waals surface area (Å²) in [5.74, 6) is 0.648. The SMILES string of the molecule is CCC(N)CC(Nc1nc(Cc2ccccc2F)ns1)S(=O)(=O)c1ccc(OC)cc1. The van der Waals surface area contributed by atoms with Crippen molar-refractivity contribution in [1.29, 1.82) is 0 Å². The normalized spacial score (nSPS) is 13.5. The van der Waals surface area contributed by atoms with Gasteiger partial charge in [0.25, 0.3) is 0 Å². The number of sulfone groups is 1. The molecule has 1 aromatic heterocycles. The van der Waals surface area contributed by atoms with Gasteiger partial charge >= 0.3 is 0 Å². The molecule has 0 aliphatic rings. The van der Waals surface area contributed by atoms with E-state index in [0.717, 1.165) is 11.5 Å². The fraction of sp³-hybridized carbons (Fsp3) is 0.333. The lowest BCUT2D eigenvalue weighted by Crippen LogP contribution is -2.36. The molecule has 3 rings (SSSR count). The first-order chi connectivity index (χ1) is 14.8.